The fourth-order valence-electron chi connectivity index (χ4n) is 0.881. The van der Waals surface area contributed by atoms with Gasteiger partial charge in [-0.2, -0.15) is 0 Å². The molecule has 0 aliphatic carbocycles. The molecular formula is C8H6Br2FNO. The van der Waals surface area contributed by atoms with E-state index in [4.69, 9.17) is 5.73 Å². The quantitative estimate of drug-likeness (QED) is 0.518. The molecule has 1 aromatic carbocycles. The van der Waals surface area contributed by atoms with Gasteiger partial charge < -0.3 is 5.73 Å². The molecule has 0 atom stereocenters. The summed E-state index contributed by atoms with van der Waals surface area (Å²) in [4.78, 5) is 11.2. The molecular weight excluding hydrogens is 305 g/mol. The minimum absolute atomic E-state index is 0.138. The van der Waals surface area contributed by atoms with Gasteiger partial charge in [-0.25, -0.2) is 4.39 Å². The molecule has 0 radical (unpaired) electrons. The van der Waals surface area contributed by atoms with Crippen LogP contribution in [0.4, 0.5) is 10.1 Å². The van der Waals surface area contributed by atoms with Crippen LogP contribution >= 0.6 is 31.9 Å². The predicted molar refractivity (Wildman–Crippen MR) is 56.6 cm³/mol. The van der Waals surface area contributed by atoms with Crippen LogP contribution in [0, 0.1) is 5.82 Å². The first-order chi connectivity index (χ1) is 6.07. The molecule has 2 N–H and O–H groups in total. The van der Waals surface area contributed by atoms with Crippen LogP contribution in [0.15, 0.2) is 16.6 Å². The average molecular weight is 311 g/mol. The zero-order valence-corrected chi connectivity index (χ0v) is 9.65. The van der Waals surface area contributed by atoms with Crippen LogP contribution in [0.1, 0.15) is 10.4 Å². The van der Waals surface area contributed by atoms with E-state index in [9.17, 15) is 9.18 Å². The summed E-state index contributed by atoms with van der Waals surface area (Å²) >= 11 is 5.97. The van der Waals surface area contributed by atoms with Crippen LogP contribution in [0.3, 0.4) is 0 Å². The summed E-state index contributed by atoms with van der Waals surface area (Å²) in [7, 11) is 0. The minimum atomic E-state index is -0.469. The number of ketones is 1. The number of hydrogen-bond donors (Lipinski definition) is 1. The highest BCUT2D eigenvalue weighted by Gasteiger charge is 2.13. The second-order valence-electron chi connectivity index (χ2n) is 2.38. The number of hydrogen-bond acceptors (Lipinski definition) is 2. The molecule has 0 aromatic heterocycles. The van der Waals surface area contributed by atoms with Crippen molar-refractivity contribution in [2.45, 2.75) is 0 Å². The summed E-state index contributed by atoms with van der Waals surface area (Å²) in [5.41, 5.74) is 6.00. The largest absolute Gasteiger partial charge is 0.397 e. The van der Waals surface area contributed by atoms with Crippen molar-refractivity contribution in [3.05, 3.63) is 28.0 Å². The van der Waals surface area contributed by atoms with Gasteiger partial charge in [0, 0.05) is 5.56 Å². The third-order valence-electron chi connectivity index (χ3n) is 1.55. The molecule has 0 saturated heterocycles. The molecule has 0 aliphatic rings. The van der Waals surface area contributed by atoms with E-state index in [1.54, 1.807) is 0 Å². The van der Waals surface area contributed by atoms with Crippen LogP contribution in [-0.2, 0) is 0 Å². The standard InChI is InChI=1S/C8H6Br2FNO/c9-3-6(13)4-1-2-5(11)7(10)8(4)12/h1-2H,3,12H2. The highest BCUT2D eigenvalue weighted by atomic mass is 79.9. The van der Waals surface area contributed by atoms with Crippen molar-refractivity contribution in [1.29, 1.82) is 0 Å². The number of carbonyl (C=O) groups excluding carboxylic acids is 1. The van der Waals surface area contributed by atoms with Gasteiger partial charge in [0.25, 0.3) is 0 Å². The summed E-state index contributed by atoms with van der Waals surface area (Å²) in [6, 6.07) is 2.58. The van der Waals surface area contributed by atoms with E-state index in [2.05, 4.69) is 31.9 Å². The molecule has 2 nitrogen and oxygen atoms in total. The van der Waals surface area contributed by atoms with E-state index in [1.807, 2.05) is 0 Å². The number of alkyl halides is 1. The Kier molecular flexibility index (Phi) is 3.44. The van der Waals surface area contributed by atoms with Gasteiger partial charge in [0.2, 0.25) is 0 Å². The van der Waals surface area contributed by atoms with Gasteiger partial charge >= 0.3 is 0 Å². The van der Waals surface area contributed by atoms with E-state index in [1.165, 1.54) is 12.1 Å². The van der Waals surface area contributed by atoms with Crippen LogP contribution in [0.2, 0.25) is 0 Å². The molecule has 5 heteroatoms. The van der Waals surface area contributed by atoms with Gasteiger partial charge in [-0.05, 0) is 28.1 Å². The van der Waals surface area contributed by atoms with Crippen molar-refractivity contribution in [2.24, 2.45) is 0 Å². The normalized spacial score (nSPS) is 10.1. The van der Waals surface area contributed by atoms with Crippen molar-refractivity contribution >= 4 is 43.3 Å². The molecule has 70 valence electrons. The van der Waals surface area contributed by atoms with Crippen molar-refractivity contribution < 1.29 is 9.18 Å². The van der Waals surface area contributed by atoms with Crippen molar-refractivity contribution in [2.75, 3.05) is 11.1 Å². The fraction of sp³-hybridized carbons (Fsp3) is 0.125. The van der Waals surface area contributed by atoms with Crippen molar-refractivity contribution in [3.63, 3.8) is 0 Å². The summed E-state index contributed by atoms with van der Waals surface area (Å²) in [5, 5.41) is 0.176. The van der Waals surface area contributed by atoms with Gasteiger partial charge in [-0.1, -0.05) is 15.9 Å². The molecule has 0 fully saturated rings. The van der Waals surface area contributed by atoms with Gasteiger partial charge in [-0.3, -0.25) is 4.79 Å². The Balaban J connectivity index is 3.26. The molecule has 0 amide bonds. The number of nitrogen functional groups attached to an aromatic ring is 1. The summed E-state index contributed by atoms with van der Waals surface area (Å²) in [5.74, 6) is -0.637. The lowest BCUT2D eigenvalue weighted by atomic mass is 10.1. The summed E-state index contributed by atoms with van der Waals surface area (Å²) in [6.07, 6.45) is 0. The SMILES string of the molecule is Nc1c(C(=O)CBr)ccc(F)c1Br. The van der Waals surface area contributed by atoms with Gasteiger partial charge in [0.1, 0.15) is 5.82 Å². The lowest BCUT2D eigenvalue weighted by Crippen LogP contribution is -2.06. The molecule has 0 heterocycles. The monoisotopic (exact) mass is 309 g/mol. The Hall–Kier alpha value is -0.420. The summed E-state index contributed by atoms with van der Waals surface area (Å²) < 4.78 is 13.0. The number of rotatable bonds is 2. The van der Waals surface area contributed by atoms with Crippen molar-refractivity contribution in [3.8, 4) is 0 Å². The first-order valence-corrected chi connectivity index (χ1v) is 5.32. The van der Waals surface area contributed by atoms with Gasteiger partial charge in [0.05, 0.1) is 15.5 Å². The maximum absolute atomic E-state index is 12.9. The van der Waals surface area contributed by atoms with E-state index in [0.29, 0.717) is 5.56 Å². The first kappa shape index (κ1) is 10.7. The number of halogens is 3. The minimum Gasteiger partial charge on any atom is -0.397 e. The Labute approximate surface area is 91.6 Å². The maximum atomic E-state index is 12.9. The molecule has 1 aromatic rings. The molecule has 0 unspecified atom stereocenters. The maximum Gasteiger partial charge on any atom is 0.175 e. The highest BCUT2D eigenvalue weighted by molar-refractivity contribution is 9.10. The predicted octanol–water partition coefficient (Wildman–Crippen LogP) is 2.75. The molecule has 1 rings (SSSR count). The number of benzene rings is 1. The zero-order valence-electron chi connectivity index (χ0n) is 6.48. The van der Waals surface area contributed by atoms with E-state index in [0.717, 1.165) is 0 Å². The Morgan fingerprint density at radius 1 is 1.54 bits per heavy atom. The van der Waals surface area contributed by atoms with Crippen LogP contribution in [0.25, 0.3) is 0 Å². The lowest BCUT2D eigenvalue weighted by Gasteiger charge is -2.05. The lowest BCUT2D eigenvalue weighted by molar-refractivity contribution is 0.102. The average Bonchev–Trinajstić information content (AvgIpc) is 2.13. The Morgan fingerprint density at radius 3 is 2.69 bits per heavy atom. The van der Waals surface area contributed by atoms with Crippen LogP contribution in [0.5, 0.6) is 0 Å². The van der Waals surface area contributed by atoms with E-state index >= 15 is 0 Å². The molecule has 0 saturated carbocycles. The second kappa shape index (κ2) is 4.19. The van der Waals surface area contributed by atoms with Crippen LogP contribution in [-0.4, -0.2) is 11.1 Å². The fourth-order valence-corrected chi connectivity index (χ4v) is 1.53. The molecule has 0 bridgehead atoms. The summed E-state index contributed by atoms with van der Waals surface area (Å²) in [6.45, 7) is 0. The molecule has 0 aliphatic heterocycles. The third kappa shape index (κ3) is 2.08. The number of anilines is 1. The molecule has 13 heavy (non-hydrogen) atoms. The highest BCUT2D eigenvalue weighted by Crippen LogP contribution is 2.26. The Bertz CT molecular complexity index is 354. The molecule has 0 spiro atoms. The van der Waals surface area contributed by atoms with E-state index < -0.39 is 5.82 Å². The second-order valence-corrected chi connectivity index (χ2v) is 3.73. The number of carbonyl (C=O) groups is 1. The number of nitrogens with two attached hydrogens (primary N) is 1. The third-order valence-corrected chi connectivity index (χ3v) is 2.87. The van der Waals surface area contributed by atoms with Gasteiger partial charge in [-0.15, -0.1) is 0 Å². The van der Waals surface area contributed by atoms with E-state index in [-0.39, 0.29) is 21.3 Å². The Morgan fingerprint density at radius 2 is 2.15 bits per heavy atom. The number of Topliss-reactive ketones (excluding diaryl/α,β-unsaturated/α-hetero) is 1. The smallest absolute Gasteiger partial charge is 0.175 e. The van der Waals surface area contributed by atoms with Gasteiger partial charge in [0.15, 0.2) is 5.78 Å². The van der Waals surface area contributed by atoms with Crippen LogP contribution < -0.4 is 5.73 Å². The zero-order chi connectivity index (χ0) is 10.0. The topological polar surface area (TPSA) is 43.1 Å². The first-order valence-electron chi connectivity index (χ1n) is 3.40. The van der Waals surface area contributed by atoms with Crippen molar-refractivity contribution in [1.82, 2.24) is 0 Å².